The van der Waals surface area contributed by atoms with Crippen LogP contribution in [0.1, 0.15) is 11.3 Å². The fourth-order valence-electron chi connectivity index (χ4n) is 3.06. The molecule has 0 bridgehead atoms. The summed E-state index contributed by atoms with van der Waals surface area (Å²) >= 11 is 5.91. The van der Waals surface area contributed by atoms with E-state index in [2.05, 4.69) is 5.32 Å². The molecule has 1 aromatic heterocycles. The van der Waals surface area contributed by atoms with Gasteiger partial charge in [0.1, 0.15) is 11.4 Å². The predicted octanol–water partition coefficient (Wildman–Crippen LogP) is 3.59. The van der Waals surface area contributed by atoms with Crippen LogP contribution in [0.2, 0.25) is 5.02 Å². The molecule has 1 amide bonds. The quantitative estimate of drug-likeness (QED) is 0.670. The van der Waals surface area contributed by atoms with Crippen molar-refractivity contribution in [1.29, 1.82) is 0 Å². The number of amides is 1. The molecule has 29 heavy (non-hydrogen) atoms. The molecule has 0 aliphatic heterocycles. The first-order valence-corrected chi connectivity index (χ1v) is 10.6. The Hall–Kier alpha value is -2.90. The number of aryl methyl sites for hydroxylation is 2. The van der Waals surface area contributed by atoms with E-state index >= 15 is 0 Å². The van der Waals surface area contributed by atoms with Gasteiger partial charge in [-0.25, -0.2) is 8.42 Å². The number of rotatable bonds is 5. The molecule has 8 heteroatoms. The van der Waals surface area contributed by atoms with Crippen molar-refractivity contribution < 1.29 is 13.2 Å². The monoisotopic (exact) mass is 430 g/mol. The van der Waals surface area contributed by atoms with E-state index in [0.717, 1.165) is 4.57 Å². The fourth-order valence-corrected chi connectivity index (χ4v) is 4.82. The highest BCUT2D eigenvalue weighted by Crippen LogP contribution is 2.21. The molecule has 1 N–H and O–H groups in total. The van der Waals surface area contributed by atoms with Gasteiger partial charge >= 0.3 is 0 Å². The minimum absolute atomic E-state index is 0.0268. The van der Waals surface area contributed by atoms with Gasteiger partial charge in [0.2, 0.25) is 15.7 Å². The van der Waals surface area contributed by atoms with Gasteiger partial charge in [-0.2, -0.15) is 0 Å². The molecule has 0 spiro atoms. The van der Waals surface area contributed by atoms with Crippen molar-refractivity contribution in [3.05, 3.63) is 87.3 Å². The number of pyridine rings is 1. The fraction of sp³-hybridized carbons (Fsp3) is 0.143. The smallest absolute Gasteiger partial charge is 0.270 e. The van der Waals surface area contributed by atoms with Gasteiger partial charge in [0.15, 0.2) is 0 Å². The van der Waals surface area contributed by atoms with Gasteiger partial charge in [0.25, 0.3) is 5.56 Å². The molecule has 3 rings (SSSR count). The number of carbonyl (C=O) groups is 1. The molecule has 0 aliphatic carbocycles. The topological polar surface area (TPSA) is 85.2 Å². The van der Waals surface area contributed by atoms with E-state index in [0.29, 0.717) is 22.0 Å². The summed E-state index contributed by atoms with van der Waals surface area (Å²) in [6.45, 7) is 2.90. The molecule has 6 nitrogen and oxygen atoms in total. The number of hydrogen-bond acceptors (Lipinski definition) is 4. The number of halogens is 1. The number of hydrogen-bond donors (Lipinski definition) is 1. The van der Waals surface area contributed by atoms with Crippen LogP contribution in [0.5, 0.6) is 0 Å². The lowest BCUT2D eigenvalue weighted by Gasteiger charge is -2.15. The maximum Gasteiger partial charge on any atom is 0.270 e. The predicted molar refractivity (Wildman–Crippen MR) is 112 cm³/mol. The average Bonchev–Trinajstić information content (AvgIpc) is 2.65. The summed E-state index contributed by atoms with van der Waals surface area (Å²) in [6, 6.07) is 15.9. The van der Waals surface area contributed by atoms with E-state index in [1.807, 2.05) is 0 Å². The van der Waals surface area contributed by atoms with Crippen LogP contribution < -0.4 is 10.9 Å². The molecule has 0 radical (unpaired) electrons. The van der Waals surface area contributed by atoms with Crippen molar-refractivity contribution in [2.24, 2.45) is 0 Å². The van der Waals surface area contributed by atoms with Crippen LogP contribution >= 0.6 is 11.6 Å². The van der Waals surface area contributed by atoms with Crippen LogP contribution in [0.25, 0.3) is 0 Å². The van der Waals surface area contributed by atoms with Crippen LogP contribution in [0.3, 0.4) is 0 Å². The summed E-state index contributed by atoms with van der Waals surface area (Å²) in [5, 5.41) is 3.12. The summed E-state index contributed by atoms with van der Waals surface area (Å²) in [4.78, 5) is 25.2. The second kappa shape index (κ2) is 8.23. The number of aromatic nitrogens is 1. The van der Waals surface area contributed by atoms with Crippen LogP contribution in [-0.2, 0) is 21.2 Å². The Balaban J connectivity index is 2.00. The van der Waals surface area contributed by atoms with Crippen LogP contribution in [0.15, 0.2) is 75.2 Å². The highest BCUT2D eigenvalue weighted by atomic mass is 35.5. The summed E-state index contributed by atoms with van der Waals surface area (Å²) in [7, 11) is -4.02. The highest BCUT2D eigenvalue weighted by molar-refractivity contribution is 7.91. The Kier molecular flexibility index (Phi) is 5.91. The Bertz CT molecular complexity index is 1240. The standard InChI is InChI=1S/C21H19ClN2O4S/c1-14-11-15(2)24(13-19(25)23-17-8-6-7-16(22)12-17)21(26)20(14)29(27,28)18-9-4-3-5-10-18/h3-12H,13H2,1-2H3,(H,23,25). The molecule has 0 saturated carbocycles. The van der Waals surface area contributed by atoms with Crippen molar-refractivity contribution in [2.75, 3.05) is 5.32 Å². The Morgan fingerprint density at radius 2 is 1.72 bits per heavy atom. The summed E-state index contributed by atoms with van der Waals surface area (Å²) in [5.74, 6) is -0.468. The molecule has 1 heterocycles. The first kappa shape index (κ1) is 20.8. The molecule has 0 saturated heterocycles. The highest BCUT2D eigenvalue weighted by Gasteiger charge is 2.26. The van der Waals surface area contributed by atoms with E-state index in [9.17, 15) is 18.0 Å². The van der Waals surface area contributed by atoms with Crippen molar-refractivity contribution in [1.82, 2.24) is 4.57 Å². The van der Waals surface area contributed by atoms with Crippen molar-refractivity contribution in [2.45, 2.75) is 30.2 Å². The summed E-state index contributed by atoms with van der Waals surface area (Å²) < 4.78 is 27.2. The number of nitrogens with one attached hydrogen (secondary N) is 1. The van der Waals surface area contributed by atoms with Crippen molar-refractivity contribution in [3.8, 4) is 0 Å². The van der Waals surface area contributed by atoms with E-state index in [-0.39, 0.29) is 16.3 Å². The Morgan fingerprint density at radius 3 is 2.38 bits per heavy atom. The van der Waals surface area contributed by atoms with Gasteiger partial charge in [-0.15, -0.1) is 0 Å². The van der Waals surface area contributed by atoms with E-state index in [4.69, 9.17) is 11.6 Å². The molecular formula is C21H19ClN2O4S. The van der Waals surface area contributed by atoms with Gasteiger partial charge < -0.3 is 9.88 Å². The van der Waals surface area contributed by atoms with Crippen molar-refractivity contribution in [3.63, 3.8) is 0 Å². The van der Waals surface area contributed by atoms with Crippen LogP contribution in [-0.4, -0.2) is 18.9 Å². The van der Waals surface area contributed by atoms with E-state index in [1.165, 1.54) is 12.1 Å². The van der Waals surface area contributed by atoms with E-state index < -0.39 is 21.3 Å². The van der Waals surface area contributed by atoms with Gasteiger partial charge in [-0.3, -0.25) is 9.59 Å². The third kappa shape index (κ3) is 4.41. The van der Waals surface area contributed by atoms with Gasteiger partial charge in [-0.1, -0.05) is 35.9 Å². The molecule has 0 atom stereocenters. The lowest BCUT2D eigenvalue weighted by Crippen LogP contribution is -2.33. The second-order valence-electron chi connectivity index (χ2n) is 6.56. The van der Waals surface area contributed by atoms with Crippen molar-refractivity contribution >= 4 is 33.0 Å². The summed E-state index contributed by atoms with van der Waals surface area (Å²) in [5.41, 5.74) is 0.577. The Morgan fingerprint density at radius 1 is 1.03 bits per heavy atom. The SMILES string of the molecule is Cc1cc(C)n(CC(=O)Nc2cccc(Cl)c2)c(=O)c1S(=O)(=O)c1ccccc1. The number of sulfone groups is 1. The average molecular weight is 431 g/mol. The second-order valence-corrected chi connectivity index (χ2v) is 8.89. The lowest BCUT2D eigenvalue weighted by molar-refractivity contribution is -0.116. The zero-order chi connectivity index (χ0) is 21.2. The zero-order valence-corrected chi connectivity index (χ0v) is 17.4. The molecule has 3 aromatic rings. The maximum atomic E-state index is 13.1. The normalized spacial score (nSPS) is 11.3. The molecular weight excluding hydrogens is 412 g/mol. The molecule has 0 fully saturated rings. The van der Waals surface area contributed by atoms with E-state index in [1.54, 1.807) is 62.4 Å². The largest absolute Gasteiger partial charge is 0.324 e. The number of benzene rings is 2. The molecule has 0 unspecified atom stereocenters. The van der Waals surface area contributed by atoms with Gasteiger partial charge in [0, 0.05) is 16.4 Å². The maximum absolute atomic E-state index is 13.1. The summed E-state index contributed by atoms with van der Waals surface area (Å²) in [6.07, 6.45) is 0. The number of anilines is 1. The first-order chi connectivity index (χ1) is 13.7. The molecule has 150 valence electrons. The molecule has 2 aromatic carbocycles. The number of nitrogens with zero attached hydrogens (tertiary/aromatic N) is 1. The third-order valence-electron chi connectivity index (χ3n) is 4.38. The Labute approximate surface area is 173 Å². The minimum Gasteiger partial charge on any atom is -0.324 e. The molecule has 0 aliphatic rings. The van der Waals surface area contributed by atoms with Gasteiger partial charge in [0.05, 0.1) is 4.90 Å². The van der Waals surface area contributed by atoms with Crippen LogP contribution in [0, 0.1) is 13.8 Å². The zero-order valence-electron chi connectivity index (χ0n) is 15.8. The number of carbonyl (C=O) groups excluding carboxylic acids is 1. The first-order valence-electron chi connectivity index (χ1n) is 8.77. The lowest BCUT2D eigenvalue weighted by atomic mass is 10.2. The minimum atomic E-state index is -4.02. The van der Waals surface area contributed by atoms with Gasteiger partial charge in [-0.05, 0) is 55.8 Å². The third-order valence-corrected chi connectivity index (χ3v) is 6.54. The van der Waals surface area contributed by atoms with Crippen LogP contribution in [0.4, 0.5) is 5.69 Å².